The van der Waals surface area contributed by atoms with Crippen LogP contribution in [0.15, 0.2) is 18.2 Å². The van der Waals surface area contributed by atoms with Crippen LogP contribution in [0.5, 0.6) is 11.5 Å². The fourth-order valence-corrected chi connectivity index (χ4v) is 1.84. The zero-order valence-corrected chi connectivity index (χ0v) is 12.9. The smallest absolute Gasteiger partial charge is 0.258 e. The Balaban J connectivity index is 2.80. The van der Waals surface area contributed by atoms with Gasteiger partial charge in [0.15, 0.2) is 0 Å². The van der Waals surface area contributed by atoms with Gasteiger partial charge in [-0.25, -0.2) is 0 Å². The van der Waals surface area contributed by atoms with E-state index in [1.165, 1.54) is 14.2 Å². The molecule has 0 aromatic heterocycles. The second-order valence-electron chi connectivity index (χ2n) is 4.96. The van der Waals surface area contributed by atoms with E-state index in [0.29, 0.717) is 30.1 Å². The van der Waals surface area contributed by atoms with Crippen LogP contribution in [0, 0.1) is 0 Å². The summed E-state index contributed by atoms with van der Waals surface area (Å²) in [5.74, 6) is 0.480. The number of amides is 1. The van der Waals surface area contributed by atoms with Gasteiger partial charge in [-0.3, -0.25) is 4.79 Å². The number of aliphatic hydroxyl groups is 1. The van der Waals surface area contributed by atoms with Gasteiger partial charge in [-0.05, 0) is 19.1 Å². The summed E-state index contributed by atoms with van der Waals surface area (Å²) in [6, 6.07) is 5.10. The lowest BCUT2D eigenvalue weighted by molar-refractivity contribution is 0.0243. The van der Waals surface area contributed by atoms with E-state index in [-0.39, 0.29) is 12.5 Å². The molecule has 2 N–H and O–H groups in total. The number of hydrogen-bond donors (Lipinski definition) is 2. The lowest BCUT2D eigenvalue weighted by atomic mass is 10.0. The second kappa shape index (κ2) is 7.85. The predicted octanol–water partition coefficient (Wildman–Crippen LogP) is 1.22. The molecule has 0 saturated carbocycles. The van der Waals surface area contributed by atoms with Gasteiger partial charge in [0, 0.05) is 26.7 Å². The largest absolute Gasteiger partial charge is 0.496 e. The molecule has 0 spiro atoms. The normalized spacial score (nSPS) is 13.4. The van der Waals surface area contributed by atoms with Crippen LogP contribution in [-0.4, -0.2) is 51.1 Å². The van der Waals surface area contributed by atoms with Crippen LogP contribution in [0.1, 0.15) is 23.7 Å². The lowest BCUT2D eigenvalue weighted by Crippen LogP contribution is -2.41. The summed E-state index contributed by atoms with van der Waals surface area (Å²) >= 11 is 0. The summed E-state index contributed by atoms with van der Waals surface area (Å²) in [7, 11) is 4.54. The summed E-state index contributed by atoms with van der Waals surface area (Å²) in [4.78, 5) is 12.3. The van der Waals surface area contributed by atoms with Crippen molar-refractivity contribution < 1.29 is 24.1 Å². The van der Waals surface area contributed by atoms with Crippen molar-refractivity contribution in [2.45, 2.75) is 18.9 Å². The first-order chi connectivity index (χ1) is 9.95. The quantitative estimate of drug-likeness (QED) is 0.754. The Morgan fingerprint density at radius 2 is 1.81 bits per heavy atom. The summed E-state index contributed by atoms with van der Waals surface area (Å²) in [6.45, 7) is 2.17. The van der Waals surface area contributed by atoms with Gasteiger partial charge >= 0.3 is 0 Å². The number of methoxy groups -OCH3 is 3. The molecule has 21 heavy (non-hydrogen) atoms. The van der Waals surface area contributed by atoms with Gasteiger partial charge in [-0.2, -0.15) is 0 Å². The number of nitrogens with one attached hydrogen (secondary N) is 1. The van der Waals surface area contributed by atoms with Crippen LogP contribution < -0.4 is 14.8 Å². The molecular formula is C15H23NO5. The maximum atomic E-state index is 12.3. The third-order valence-electron chi connectivity index (χ3n) is 3.13. The van der Waals surface area contributed by atoms with Crippen LogP contribution in [0.4, 0.5) is 0 Å². The standard InChI is InChI=1S/C15H23NO5/c1-15(18,8-9-19-2)10-16-14(17)13-11(20-3)6-5-7-12(13)21-4/h5-7,18H,8-10H2,1-4H3,(H,16,17). The molecule has 0 aliphatic carbocycles. The van der Waals surface area contributed by atoms with Crippen LogP contribution in [-0.2, 0) is 4.74 Å². The van der Waals surface area contributed by atoms with Crippen LogP contribution >= 0.6 is 0 Å². The SMILES string of the molecule is COCCC(C)(O)CNC(=O)c1c(OC)cccc1OC. The average Bonchev–Trinajstić information content (AvgIpc) is 2.49. The van der Waals surface area contributed by atoms with Crippen molar-refractivity contribution in [1.29, 1.82) is 0 Å². The van der Waals surface area contributed by atoms with E-state index >= 15 is 0 Å². The lowest BCUT2D eigenvalue weighted by Gasteiger charge is -2.23. The highest BCUT2D eigenvalue weighted by molar-refractivity contribution is 5.99. The predicted molar refractivity (Wildman–Crippen MR) is 79.0 cm³/mol. The van der Waals surface area contributed by atoms with Crippen molar-refractivity contribution in [3.63, 3.8) is 0 Å². The van der Waals surface area contributed by atoms with Gasteiger partial charge in [-0.1, -0.05) is 6.07 Å². The number of rotatable bonds is 8. The highest BCUT2D eigenvalue weighted by Crippen LogP contribution is 2.28. The highest BCUT2D eigenvalue weighted by Gasteiger charge is 2.24. The van der Waals surface area contributed by atoms with Crippen molar-refractivity contribution in [2.24, 2.45) is 0 Å². The van der Waals surface area contributed by atoms with Gasteiger partial charge in [0.2, 0.25) is 0 Å². The Bertz CT molecular complexity index is 451. The number of benzene rings is 1. The number of hydrogen-bond acceptors (Lipinski definition) is 5. The molecule has 6 nitrogen and oxygen atoms in total. The Morgan fingerprint density at radius 1 is 1.24 bits per heavy atom. The van der Waals surface area contributed by atoms with Crippen molar-refractivity contribution in [3.8, 4) is 11.5 Å². The molecule has 0 saturated heterocycles. The molecule has 1 unspecified atom stereocenters. The van der Waals surface area contributed by atoms with E-state index in [1.807, 2.05) is 0 Å². The fourth-order valence-electron chi connectivity index (χ4n) is 1.84. The van der Waals surface area contributed by atoms with Crippen molar-refractivity contribution in [1.82, 2.24) is 5.32 Å². The highest BCUT2D eigenvalue weighted by atomic mass is 16.5. The Kier molecular flexibility index (Phi) is 6.45. The maximum Gasteiger partial charge on any atom is 0.258 e. The molecule has 0 heterocycles. The Hall–Kier alpha value is -1.79. The molecular weight excluding hydrogens is 274 g/mol. The molecule has 0 fully saturated rings. The number of carbonyl (C=O) groups excluding carboxylic acids is 1. The Labute approximate surface area is 125 Å². The zero-order chi connectivity index (χ0) is 15.9. The average molecular weight is 297 g/mol. The van der Waals surface area contributed by atoms with Gasteiger partial charge in [-0.15, -0.1) is 0 Å². The second-order valence-corrected chi connectivity index (χ2v) is 4.96. The minimum atomic E-state index is -1.04. The van der Waals surface area contributed by atoms with E-state index in [0.717, 1.165) is 0 Å². The summed E-state index contributed by atoms with van der Waals surface area (Å²) in [5, 5.41) is 12.8. The molecule has 118 valence electrons. The molecule has 0 radical (unpaired) electrons. The molecule has 6 heteroatoms. The topological polar surface area (TPSA) is 77.0 Å². The summed E-state index contributed by atoms with van der Waals surface area (Å²) in [5.41, 5.74) is -0.731. The van der Waals surface area contributed by atoms with Crippen LogP contribution in [0.25, 0.3) is 0 Å². The van der Waals surface area contributed by atoms with Crippen LogP contribution in [0.3, 0.4) is 0 Å². The summed E-state index contributed by atoms with van der Waals surface area (Å²) in [6.07, 6.45) is 0.423. The van der Waals surface area contributed by atoms with Crippen molar-refractivity contribution >= 4 is 5.91 Å². The molecule has 1 aromatic rings. The third-order valence-corrected chi connectivity index (χ3v) is 3.13. The first-order valence-corrected chi connectivity index (χ1v) is 6.65. The zero-order valence-electron chi connectivity index (χ0n) is 12.9. The van der Waals surface area contributed by atoms with E-state index < -0.39 is 5.60 Å². The van der Waals surface area contributed by atoms with E-state index in [2.05, 4.69) is 5.32 Å². The van der Waals surface area contributed by atoms with Crippen molar-refractivity contribution in [3.05, 3.63) is 23.8 Å². The molecule has 0 aliphatic rings. The Morgan fingerprint density at radius 3 is 2.29 bits per heavy atom. The van der Waals surface area contributed by atoms with E-state index in [4.69, 9.17) is 14.2 Å². The van der Waals surface area contributed by atoms with Crippen molar-refractivity contribution in [2.75, 3.05) is 34.5 Å². The molecule has 1 amide bonds. The molecule has 1 aromatic carbocycles. The minimum absolute atomic E-state index is 0.108. The van der Waals surface area contributed by atoms with Gasteiger partial charge in [0.1, 0.15) is 17.1 Å². The number of ether oxygens (including phenoxy) is 3. The molecule has 1 rings (SSSR count). The van der Waals surface area contributed by atoms with Gasteiger partial charge < -0.3 is 24.6 Å². The first kappa shape index (κ1) is 17.3. The van der Waals surface area contributed by atoms with Gasteiger partial charge in [0.25, 0.3) is 5.91 Å². The first-order valence-electron chi connectivity index (χ1n) is 6.65. The minimum Gasteiger partial charge on any atom is -0.496 e. The van der Waals surface area contributed by atoms with Gasteiger partial charge in [0.05, 0.1) is 19.8 Å². The number of carbonyl (C=O) groups is 1. The molecule has 1 atom stereocenters. The van der Waals surface area contributed by atoms with Crippen LogP contribution in [0.2, 0.25) is 0 Å². The molecule has 0 aliphatic heterocycles. The fraction of sp³-hybridized carbons (Fsp3) is 0.533. The monoisotopic (exact) mass is 297 g/mol. The maximum absolute atomic E-state index is 12.3. The molecule has 0 bridgehead atoms. The van der Waals surface area contributed by atoms with E-state index in [1.54, 1.807) is 32.2 Å². The summed E-state index contributed by atoms with van der Waals surface area (Å²) < 4.78 is 15.3. The third kappa shape index (κ3) is 4.91. The van der Waals surface area contributed by atoms with E-state index in [9.17, 15) is 9.90 Å².